The third-order valence-corrected chi connectivity index (χ3v) is 3.48. The van der Waals surface area contributed by atoms with Gasteiger partial charge in [0, 0.05) is 13.1 Å². The van der Waals surface area contributed by atoms with Crippen molar-refractivity contribution in [3.63, 3.8) is 0 Å². The number of likely N-dealkylation sites (tertiary alicyclic amines) is 1. The van der Waals surface area contributed by atoms with Crippen molar-refractivity contribution in [2.24, 2.45) is 5.92 Å². The van der Waals surface area contributed by atoms with E-state index >= 15 is 0 Å². The van der Waals surface area contributed by atoms with Gasteiger partial charge in [-0.1, -0.05) is 0 Å². The molecule has 2 aliphatic rings. The van der Waals surface area contributed by atoms with Gasteiger partial charge in [-0.15, -0.1) is 0 Å². The Bertz CT molecular complexity index is 231. The van der Waals surface area contributed by atoms with Crippen LogP contribution in [0.1, 0.15) is 25.7 Å². The molecule has 1 aliphatic heterocycles. The van der Waals surface area contributed by atoms with Crippen molar-refractivity contribution in [1.82, 2.24) is 10.2 Å². The van der Waals surface area contributed by atoms with Gasteiger partial charge in [-0.25, -0.2) is 0 Å². The number of hydrogen-bond acceptors (Lipinski definition) is 3. The SMILES string of the molecule is CN1CCC(C#N)(NCC2CC2)CC1. The molecule has 0 spiro atoms. The number of hydrogen-bond donors (Lipinski definition) is 1. The summed E-state index contributed by atoms with van der Waals surface area (Å²) in [6.07, 6.45) is 4.67. The quantitative estimate of drug-likeness (QED) is 0.726. The van der Waals surface area contributed by atoms with Gasteiger partial charge < -0.3 is 4.90 Å². The monoisotopic (exact) mass is 193 g/mol. The first-order valence-electron chi connectivity index (χ1n) is 5.59. The van der Waals surface area contributed by atoms with Crippen molar-refractivity contribution < 1.29 is 0 Å². The van der Waals surface area contributed by atoms with E-state index in [2.05, 4.69) is 23.3 Å². The average Bonchev–Trinajstić information content (AvgIpc) is 3.02. The molecule has 0 amide bonds. The highest BCUT2D eigenvalue weighted by Crippen LogP contribution is 2.29. The number of nitriles is 1. The van der Waals surface area contributed by atoms with Crippen LogP contribution in [-0.4, -0.2) is 37.1 Å². The third kappa shape index (κ3) is 2.26. The Morgan fingerprint density at radius 1 is 1.43 bits per heavy atom. The Balaban J connectivity index is 1.85. The molecule has 14 heavy (non-hydrogen) atoms. The molecule has 1 aliphatic carbocycles. The fraction of sp³-hybridized carbons (Fsp3) is 0.909. The summed E-state index contributed by atoms with van der Waals surface area (Å²) in [7, 11) is 2.13. The van der Waals surface area contributed by atoms with Gasteiger partial charge in [0.05, 0.1) is 6.07 Å². The highest BCUT2D eigenvalue weighted by Gasteiger charge is 2.35. The van der Waals surface area contributed by atoms with Crippen LogP contribution in [0.25, 0.3) is 0 Å². The summed E-state index contributed by atoms with van der Waals surface area (Å²) in [4.78, 5) is 2.30. The van der Waals surface area contributed by atoms with Gasteiger partial charge in [-0.2, -0.15) is 5.26 Å². The predicted molar refractivity (Wildman–Crippen MR) is 55.8 cm³/mol. The fourth-order valence-corrected chi connectivity index (χ4v) is 1.99. The lowest BCUT2D eigenvalue weighted by atomic mass is 9.89. The van der Waals surface area contributed by atoms with Crippen LogP contribution in [0.2, 0.25) is 0 Å². The van der Waals surface area contributed by atoms with Crippen molar-refractivity contribution in [2.45, 2.75) is 31.2 Å². The Kier molecular flexibility index (Phi) is 2.76. The van der Waals surface area contributed by atoms with Crippen LogP contribution in [0, 0.1) is 17.2 Å². The molecule has 2 rings (SSSR count). The summed E-state index contributed by atoms with van der Waals surface area (Å²) in [5.74, 6) is 0.861. The largest absolute Gasteiger partial charge is 0.306 e. The molecule has 0 radical (unpaired) electrons. The number of rotatable bonds is 3. The molecule has 0 atom stereocenters. The molecule has 3 nitrogen and oxygen atoms in total. The lowest BCUT2D eigenvalue weighted by Crippen LogP contribution is -2.52. The molecule has 1 saturated carbocycles. The van der Waals surface area contributed by atoms with E-state index in [0.29, 0.717) is 0 Å². The van der Waals surface area contributed by atoms with Gasteiger partial charge >= 0.3 is 0 Å². The van der Waals surface area contributed by atoms with E-state index in [0.717, 1.165) is 38.4 Å². The molecule has 78 valence electrons. The predicted octanol–water partition coefficient (Wildman–Crippen LogP) is 0.974. The van der Waals surface area contributed by atoms with E-state index in [4.69, 9.17) is 0 Å². The van der Waals surface area contributed by atoms with Gasteiger partial charge in [-0.05, 0) is 45.2 Å². The Hall–Kier alpha value is -0.590. The first-order chi connectivity index (χ1) is 6.74. The van der Waals surface area contributed by atoms with Crippen molar-refractivity contribution in [3.8, 4) is 6.07 Å². The minimum absolute atomic E-state index is 0.213. The summed E-state index contributed by atoms with van der Waals surface area (Å²) in [6, 6.07) is 2.48. The topological polar surface area (TPSA) is 39.1 Å². The van der Waals surface area contributed by atoms with Gasteiger partial charge in [0.15, 0.2) is 0 Å². The summed E-state index contributed by atoms with van der Waals surface area (Å²) in [5.41, 5.74) is -0.213. The second-order valence-electron chi connectivity index (χ2n) is 4.82. The van der Waals surface area contributed by atoms with Crippen LogP contribution in [0.4, 0.5) is 0 Å². The summed E-state index contributed by atoms with van der Waals surface area (Å²) < 4.78 is 0. The first kappa shape index (κ1) is 9.95. The number of piperidine rings is 1. The second kappa shape index (κ2) is 3.88. The molecule has 0 bridgehead atoms. The van der Waals surface area contributed by atoms with Crippen LogP contribution in [0.5, 0.6) is 0 Å². The highest BCUT2D eigenvalue weighted by molar-refractivity contribution is 5.09. The molecule has 1 N–H and O–H groups in total. The normalized spacial score (nSPS) is 27.1. The molecule has 0 aromatic heterocycles. The first-order valence-corrected chi connectivity index (χ1v) is 5.59. The standard InChI is InChI=1S/C11H19N3/c1-14-6-4-11(9-12,5-7-14)13-8-10-2-3-10/h10,13H,2-8H2,1H3. The van der Waals surface area contributed by atoms with Crippen molar-refractivity contribution in [3.05, 3.63) is 0 Å². The Morgan fingerprint density at radius 2 is 2.07 bits per heavy atom. The van der Waals surface area contributed by atoms with Crippen LogP contribution in [-0.2, 0) is 0 Å². The minimum Gasteiger partial charge on any atom is -0.306 e. The van der Waals surface area contributed by atoms with E-state index in [9.17, 15) is 5.26 Å². The Labute approximate surface area is 86.1 Å². The van der Waals surface area contributed by atoms with Crippen LogP contribution in [0.15, 0.2) is 0 Å². The molecule has 3 heteroatoms. The van der Waals surface area contributed by atoms with E-state index in [-0.39, 0.29) is 5.54 Å². The summed E-state index contributed by atoms with van der Waals surface area (Å²) >= 11 is 0. The number of nitrogens with zero attached hydrogens (tertiary/aromatic N) is 2. The van der Waals surface area contributed by atoms with Gasteiger partial charge in [0.2, 0.25) is 0 Å². The highest BCUT2D eigenvalue weighted by atomic mass is 15.1. The lowest BCUT2D eigenvalue weighted by molar-refractivity contribution is 0.194. The summed E-state index contributed by atoms with van der Waals surface area (Å²) in [6.45, 7) is 3.15. The lowest BCUT2D eigenvalue weighted by Gasteiger charge is -2.36. The minimum atomic E-state index is -0.213. The average molecular weight is 193 g/mol. The molecular weight excluding hydrogens is 174 g/mol. The fourth-order valence-electron chi connectivity index (χ4n) is 1.99. The summed E-state index contributed by atoms with van der Waals surface area (Å²) in [5, 5.41) is 12.7. The van der Waals surface area contributed by atoms with Crippen molar-refractivity contribution in [1.29, 1.82) is 5.26 Å². The smallest absolute Gasteiger partial charge is 0.109 e. The van der Waals surface area contributed by atoms with Gasteiger partial charge in [-0.3, -0.25) is 5.32 Å². The maximum atomic E-state index is 9.23. The van der Waals surface area contributed by atoms with Crippen molar-refractivity contribution >= 4 is 0 Å². The van der Waals surface area contributed by atoms with Crippen LogP contribution in [0.3, 0.4) is 0 Å². The zero-order valence-electron chi connectivity index (χ0n) is 8.92. The molecule has 1 heterocycles. The number of nitrogens with one attached hydrogen (secondary N) is 1. The molecule has 0 aromatic rings. The zero-order valence-corrected chi connectivity index (χ0v) is 8.92. The molecule has 0 unspecified atom stereocenters. The molecule has 1 saturated heterocycles. The second-order valence-corrected chi connectivity index (χ2v) is 4.82. The van der Waals surface area contributed by atoms with Gasteiger partial charge in [0.25, 0.3) is 0 Å². The molecule has 0 aromatic carbocycles. The molecule has 2 fully saturated rings. The zero-order chi connectivity index (χ0) is 10.0. The van der Waals surface area contributed by atoms with Gasteiger partial charge in [0.1, 0.15) is 5.54 Å². The Morgan fingerprint density at radius 3 is 2.57 bits per heavy atom. The van der Waals surface area contributed by atoms with E-state index in [1.165, 1.54) is 12.8 Å². The third-order valence-electron chi connectivity index (χ3n) is 3.48. The maximum Gasteiger partial charge on any atom is 0.109 e. The molecular formula is C11H19N3. The van der Waals surface area contributed by atoms with Crippen LogP contribution < -0.4 is 5.32 Å². The van der Waals surface area contributed by atoms with Crippen LogP contribution >= 0.6 is 0 Å². The maximum absolute atomic E-state index is 9.23. The van der Waals surface area contributed by atoms with E-state index in [1.54, 1.807) is 0 Å². The van der Waals surface area contributed by atoms with E-state index in [1.807, 2.05) is 0 Å². The van der Waals surface area contributed by atoms with E-state index < -0.39 is 0 Å². The van der Waals surface area contributed by atoms with Crippen molar-refractivity contribution in [2.75, 3.05) is 26.7 Å².